The highest BCUT2D eigenvalue weighted by molar-refractivity contribution is 5.89. The van der Waals surface area contributed by atoms with Gasteiger partial charge in [-0.1, -0.05) is 13.3 Å². The van der Waals surface area contributed by atoms with E-state index in [1.165, 1.54) is 0 Å². The van der Waals surface area contributed by atoms with E-state index in [-0.39, 0.29) is 17.9 Å². The monoisotopic (exact) mass is 362 g/mol. The van der Waals surface area contributed by atoms with Gasteiger partial charge in [0.1, 0.15) is 5.75 Å². The molecule has 0 N–H and O–H groups in total. The van der Waals surface area contributed by atoms with E-state index in [0.717, 1.165) is 44.3 Å². The second kappa shape index (κ2) is 10.8. The maximum absolute atomic E-state index is 11.9. The van der Waals surface area contributed by atoms with Gasteiger partial charge in [0.15, 0.2) is 0 Å². The Balaban J connectivity index is 1.71. The molecule has 0 spiro atoms. The van der Waals surface area contributed by atoms with E-state index in [4.69, 9.17) is 14.2 Å². The molecule has 1 saturated carbocycles. The Kier molecular flexibility index (Phi) is 8.45. The molecule has 1 aromatic carbocycles. The molecule has 1 aliphatic carbocycles. The van der Waals surface area contributed by atoms with Gasteiger partial charge in [0.2, 0.25) is 0 Å². The van der Waals surface area contributed by atoms with Crippen LogP contribution in [0.25, 0.3) is 0 Å². The number of rotatable bonds is 9. The van der Waals surface area contributed by atoms with E-state index in [1.54, 1.807) is 24.3 Å². The van der Waals surface area contributed by atoms with Crippen molar-refractivity contribution in [2.75, 3.05) is 19.8 Å². The topological polar surface area (TPSA) is 61.8 Å². The van der Waals surface area contributed by atoms with E-state index in [1.807, 2.05) is 6.92 Å². The first-order chi connectivity index (χ1) is 12.6. The summed E-state index contributed by atoms with van der Waals surface area (Å²) >= 11 is 0. The second-order valence-corrected chi connectivity index (χ2v) is 6.79. The molecule has 1 aliphatic rings. The molecule has 26 heavy (non-hydrogen) atoms. The van der Waals surface area contributed by atoms with Crippen LogP contribution < -0.4 is 4.74 Å². The molecule has 2 rings (SSSR count). The van der Waals surface area contributed by atoms with Crippen molar-refractivity contribution in [3.8, 4) is 5.75 Å². The highest BCUT2D eigenvalue weighted by Gasteiger charge is 2.27. The fraction of sp³-hybridized carbons (Fsp3) is 0.619. The van der Waals surface area contributed by atoms with Crippen molar-refractivity contribution in [3.63, 3.8) is 0 Å². The smallest absolute Gasteiger partial charge is 0.338 e. The normalized spacial score (nSPS) is 19.6. The van der Waals surface area contributed by atoms with Gasteiger partial charge in [-0.2, -0.15) is 0 Å². The molecule has 0 aliphatic heterocycles. The molecule has 144 valence electrons. The van der Waals surface area contributed by atoms with Crippen LogP contribution in [0.2, 0.25) is 0 Å². The van der Waals surface area contributed by atoms with E-state index in [2.05, 4.69) is 6.92 Å². The fourth-order valence-electron chi connectivity index (χ4n) is 3.12. The molecule has 0 amide bonds. The molecule has 0 heterocycles. The SMILES string of the molecule is CCCCOC(=O)c1ccc(OCC2CCC(C(=O)OCC)CC2)cc1. The zero-order valence-electron chi connectivity index (χ0n) is 15.9. The summed E-state index contributed by atoms with van der Waals surface area (Å²) < 4.78 is 16.1. The highest BCUT2D eigenvalue weighted by atomic mass is 16.5. The van der Waals surface area contributed by atoms with Crippen LogP contribution in [0, 0.1) is 11.8 Å². The summed E-state index contributed by atoms with van der Waals surface area (Å²) in [6.45, 7) is 5.44. The minimum absolute atomic E-state index is 0.0456. The molecule has 1 aromatic rings. The van der Waals surface area contributed by atoms with Gasteiger partial charge in [-0.3, -0.25) is 4.79 Å². The van der Waals surface area contributed by atoms with Crippen molar-refractivity contribution in [1.29, 1.82) is 0 Å². The fourth-order valence-corrected chi connectivity index (χ4v) is 3.12. The zero-order valence-corrected chi connectivity index (χ0v) is 15.9. The Labute approximate surface area is 156 Å². The lowest BCUT2D eigenvalue weighted by atomic mass is 9.82. The van der Waals surface area contributed by atoms with Gasteiger partial charge >= 0.3 is 11.9 Å². The molecule has 0 bridgehead atoms. The van der Waals surface area contributed by atoms with Gasteiger partial charge in [0.05, 0.1) is 31.3 Å². The number of carbonyl (C=O) groups is 2. The predicted molar refractivity (Wildman–Crippen MR) is 99.2 cm³/mol. The van der Waals surface area contributed by atoms with Crippen LogP contribution >= 0.6 is 0 Å². The summed E-state index contributed by atoms with van der Waals surface area (Å²) in [6, 6.07) is 7.09. The van der Waals surface area contributed by atoms with Crippen molar-refractivity contribution in [2.45, 2.75) is 52.4 Å². The van der Waals surface area contributed by atoms with Crippen LogP contribution in [-0.4, -0.2) is 31.8 Å². The third-order valence-corrected chi connectivity index (χ3v) is 4.77. The third-order valence-electron chi connectivity index (χ3n) is 4.77. The number of hydrogen-bond acceptors (Lipinski definition) is 5. The van der Waals surface area contributed by atoms with Crippen molar-refractivity contribution < 1.29 is 23.8 Å². The second-order valence-electron chi connectivity index (χ2n) is 6.79. The van der Waals surface area contributed by atoms with Crippen LogP contribution in [0.1, 0.15) is 62.7 Å². The quantitative estimate of drug-likeness (QED) is 0.481. The summed E-state index contributed by atoms with van der Waals surface area (Å²) in [7, 11) is 0. The summed E-state index contributed by atoms with van der Waals surface area (Å²) in [5.41, 5.74) is 0.545. The van der Waals surface area contributed by atoms with Crippen molar-refractivity contribution in [1.82, 2.24) is 0 Å². The molecule has 0 radical (unpaired) electrons. The van der Waals surface area contributed by atoms with Crippen LogP contribution in [0.4, 0.5) is 0 Å². The molecular formula is C21H30O5. The Bertz CT molecular complexity index is 558. The minimum atomic E-state index is -0.290. The van der Waals surface area contributed by atoms with E-state index in [0.29, 0.717) is 31.3 Å². The average Bonchev–Trinajstić information content (AvgIpc) is 2.67. The standard InChI is InChI=1S/C21H30O5/c1-3-5-14-25-21(23)18-10-12-19(13-11-18)26-15-16-6-8-17(9-7-16)20(22)24-4-2/h10-13,16-17H,3-9,14-15H2,1-2H3. The van der Waals surface area contributed by atoms with Gasteiger partial charge in [-0.05, 0) is 69.2 Å². The predicted octanol–water partition coefficient (Wildman–Crippen LogP) is 4.39. The van der Waals surface area contributed by atoms with Gasteiger partial charge < -0.3 is 14.2 Å². The van der Waals surface area contributed by atoms with E-state index in [9.17, 15) is 9.59 Å². The highest BCUT2D eigenvalue weighted by Crippen LogP contribution is 2.30. The number of unbranched alkanes of at least 4 members (excludes halogenated alkanes) is 1. The van der Waals surface area contributed by atoms with Crippen molar-refractivity contribution in [2.24, 2.45) is 11.8 Å². The van der Waals surface area contributed by atoms with Gasteiger partial charge in [-0.15, -0.1) is 0 Å². The largest absolute Gasteiger partial charge is 0.493 e. The maximum Gasteiger partial charge on any atom is 0.338 e. The average molecular weight is 362 g/mol. The Hall–Kier alpha value is -2.04. The molecule has 0 unspecified atom stereocenters. The Morgan fingerprint density at radius 3 is 2.31 bits per heavy atom. The number of ether oxygens (including phenoxy) is 3. The third kappa shape index (κ3) is 6.36. The Morgan fingerprint density at radius 2 is 1.69 bits per heavy atom. The van der Waals surface area contributed by atoms with Crippen LogP contribution in [0.5, 0.6) is 5.75 Å². The van der Waals surface area contributed by atoms with E-state index >= 15 is 0 Å². The Morgan fingerprint density at radius 1 is 1.00 bits per heavy atom. The summed E-state index contributed by atoms with van der Waals surface area (Å²) in [6.07, 6.45) is 5.58. The molecule has 5 nitrogen and oxygen atoms in total. The van der Waals surface area contributed by atoms with Gasteiger partial charge in [0.25, 0.3) is 0 Å². The lowest BCUT2D eigenvalue weighted by Gasteiger charge is -2.27. The zero-order chi connectivity index (χ0) is 18.8. The lowest BCUT2D eigenvalue weighted by molar-refractivity contribution is -0.149. The van der Waals surface area contributed by atoms with Crippen molar-refractivity contribution in [3.05, 3.63) is 29.8 Å². The summed E-state index contributed by atoms with van der Waals surface area (Å²) in [5.74, 6) is 0.904. The van der Waals surface area contributed by atoms with E-state index < -0.39 is 0 Å². The number of hydrogen-bond donors (Lipinski definition) is 0. The molecule has 0 atom stereocenters. The number of benzene rings is 1. The van der Waals surface area contributed by atoms with Gasteiger partial charge in [-0.25, -0.2) is 4.79 Å². The lowest BCUT2D eigenvalue weighted by Crippen LogP contribution is -2.26. The molecule has 0 saturated heterocycles. The first kappa shape index (κ1) is 20.3. The number of carbonyl (C=O) groups excluding carboxylic acids is 2. The van der Waals surface area contributed by atoms with Crippen LogP contribution in [-0.2, 0) is 14.3 Å². The molecule has 0 aromatic heterocycles. The van der Waals surface area contributed by atoms with Crippen LogP contribution in [0.3, 0.4) is 0 Å². The summed E-state index contributed by atoms with van der Waals surface area (Å²) in [4.78, 5) is 23.6. The van der Waals surface area contributed by atoms with Gasteiger partial charge in [0, 0.05) is 0 Å². The first-order valence-electron chi connectivity index (χ1n) is 9.70. The van der Waals surface area contributed by atoms with Crippen molar-refractivity contribution >= 4 is 11.9 Å². The summed E-state index contributed by atoms with van der Waals surface area (Å²) in [5, 5.41) is 0. The molecule has 1 fully saturated rings. The molecule has 5 heteroatoms. The molecular weight excluding hydrogens is 332 g/mol. The minimum Gasteiger partial charge on any atom is -0.493 e. The maximum atomic E-state index is 11.9. The first-order valence-corrected chi connectivity index (χ1v) is 9.70. The number of esters is 2. The van der Waals surface area contributed by atoms with Crippen LogP contribution in [0.15, 0.2) is 24.3 Å².